The maximum absolute atomic E-state index is 6.50. The third-order valence-electron chi connectivity index (χ3n) is 19.4. The van der Waals surface area contributed by atoms with Gasteiger partial charge < -0.3 is 68.0 Å². The summed E-state index contributed by atoms with van der Waals surface area (Å²) in [5, 5.41) is 0. The number of benzene rings is 3. The Morgan fingerprint density at radius 3 is 1.40 bits per heavy atom. The number of hydrogen-bond acceptors (Lipinski definition) is 22. The van der Waals surface area contributed by atoms with Gasteiger partial charge in [0, 0.05) is 86.0 Å². The second-order valence-electron chi connectivity index (χ2n) is 26.9. The Labute approximate surface area is 569 Å². The Morgan fingerprint density at radius 1 is 0.485 bits per heavy atom. The Balaban J connectivity index is 0.000000139. The number of aromatic nitrogens is 9. The molecule has 9 aromatic rings. The summed E-state index contributed by atoms with van der Waals surface area (Å²) in [6.07, 6.45) is 20.8. The topological polar surface area (TPSA) is 319 Å². The second kappa shape index (κ2) is 29.7. The molecule has 5 aliphatic rings. The Morgan fingerprint density at radius 2 is 0.928 bits per heavy atom. The smallest absolute Gasteiger partial charge is 0.258 e. The molecule has 0 radical (unpaired) electrons. The number of ether oxygens (including phenoxy) is 4. The predicted molar refractivity (Wildman–Crippen MR) is 382 cm³/mol. The highest BCUT2D eigenvalue weighted by molar-refractivity contribution is 5.67. The average Bonchev–Trinajstić information content (AvgIpc) is 1.65. The van der Waals surface area contributed by atoms with Crippen LogP contribution in [0, 0.1) is 32.6 Å². The lowest BCUT2D eigenvalue weighted by atomic mass is 9.92. The lowest BCUT2D eigenvalue weighted by Gasteiger charge is -2.27. The van der Waals surface area contributed by atoms with E-state index in [1.807, 2.05) is 37.3 Å². The van der Waals surface area contributed by atoms with Crippen molar-refractivity contribution in [3.8, 4) is 57.2 Å². The van der Waals surface area contributed by atoms with E-state index in [1.54, 1.807) is 37.2 Å². The van der Waals surface area contributed by atoms with Crippen molar-refractivity contribution in [2.45, 2.75) is 143 Å². The molecule has 0 saturated heterocycles. The van der Waals surface area contributed by atoms with Gasteiger partial charge in [0.1, 0.15) is 30.5 Å². The predicted octanol–water partition coefficient (Wildman–Crippen LogP) is 11.6. The number of likely N-dealkylation sites (N-methyl/N-ethyl adjacent to an activating group) is 3. The SMILES string of the molecule is CCC(Oc1nc(-c2cc(C)c3c(c2)CN(C)CC3)cnc1N)c1ccnc(N)c1.Cc1cc(-c2cnc(N)c(OC(c3ccnc(N)c3)C3CCCC3)n2)cc2c1CCN(C)C2.Cc1cc(-c2cnc(N)c(OCc3ccnc(N)c3OC(C)C3CC3)n2)cc2c1CCN(C)C2. The van der Waals surface area contributed by atoms with Gasteiger partial charge in [0.2, 0.25) is 0 Å². The fourth-order valence-electron chi connectivity index (χ4n) is 13.9. The molecule has 97 heavy (non-hydrogen) atoms. The number of nitrogens with zero attached hydrogens (tertiary/aromatic N) is 12. The number of rotatable bonds is 17. The summed E-state index contributed by atoms with van der Waals surface area (Å²) in [5.41, 5.74) is 56.7. The number of fused-ring (bicyclic) bond motifs is 3. The normalized spacial score (nSPS) is 16.5. The lowest BCUT2D eigenvalue weighted by molar-refractivity contribution is 0.132. The first kappa shape index (κ1) is 67.2. The van der Waals surface area contributed by atoms with E-state index in [4.69, 9.17) is 68.3 Å². The van der Waals surface area contributed by atoms with Crippen LogP contribution in [0.5, 0.6) is 23.4 Å². The Bertz CT molecular complexity index is 4290. The van der Waals surface area contributed by atoms with Crippen LogP contribution in [-0.2, 0) is 45.5 Å². The molecule has 22 nitrogen and oxygen atoms in total. The number of anilines is 6. The van der Waals surface area contributed by atoms with Gasteiger partial charge in [-0.1, -0.05) is 19.8 Å². The van der Waals surface area contributed by atoms with Crippen LogP contribution in [0.2, 0.25) is 0 Å². The molecule has 506 valence electrons. The summed E-state index contributed by atoms with van der Waals surface area (Å²) >= 11 is 0. The van der Waals surface area contributed by atoms with Crippen LogP contribution in [0.3, 0.4) is 0 Å². The molecule has 14 rings (SSSR count). The van der Waals surface area contributed by atoms with E-state index >= 15 is 0 Å². The van der Waals surface area contributed by atoms with Crippen molar-refractivity contribution in [2.75, 3.05) is 75.2 Å². The van der Waals surface area contributed by atoms with Crippen molar-refractivity contribution in [1.29, 1.82) is 0 Å². The minimum absolute atomic E-state index is 0.0877. The summed E-state index contributed by atoms with van der Waals surface area (Å²) < 4.78 is 24.8. The zero-order valence-corrected chi connectivity index (χ0v) is 57.2. The Hall–Kier alpha value is -9.77. The molecule has 2 fully saturated rings. The van der Waals surface area contributed by atoms with Gasteiger partial charge in [-0.25, -0.2) is 44.9 Å². The summed E-state index contributed by atoms with van der Waals surface area (Å²) in [6.45, 7) is 16.9. The standard InChI is InChI=1S/C26H32N6O2.C26H32N6O.C23H28N6O/c1-15-10-19(11-20-13-32(3)9-7-21(15)20)22-12-30-25(28)26(31-22)33-14-18-6-8-29-24(27)23(18)34-16(2)17-4-5-17;1-16-11-19(12-20-15-32(2)10-8-21(16)20)22-14-30-25(28)26(31-22)33-24(17-5-3-4-6-17)18-7-9-29-23(27)13-18;1-4-20(15-5-7-26-21(24)11-15)30-23-22(25)27-12-19(28-23)16-9-14(2)18-6-8-29(3)13-17(18)10-16/h6,8,10-12,16-17H,4-5,7,9,13-14H2,1-3H3,(H2,27,29)(H2,28,30);7,9,11-14,17,24H,3-6,8,10,15H2,1-2H3,(H2,27,29)(H2,28,30);5,7,9-12,20H,4,6,8,13H2,1-3H3,(H2,24,26)(H2,25,27). The van der Waals surface area contributed by atoms with Gasteiger partial charge >= 0.3 is 0 Å². The zero-order valence-electron chi connectivity index (χ0n) is 57.2. The fraction of sp³-hybridized carbons (Fsp3) is 0.400. The van der Waals surface area contributed by atoms with Crippen molar-refractivity contribution in [1.82, 2.24) is 59.6 Å². The molecule has 0 spiro atoms. The first-order valence-electron chi connectivity index (χ1n) is 33.9. The van der Waals surface area contributed by atoms with E-state index in [2.05, 4.69) is 130 Å². The van der Waals surface area contributed by atoms with Crippen LogP contribution in [0.1, 0.15) is 138 Å². The van der Waals surface area contributed by atoms with Crippen molar-refractivity contribution in [2.24, 2.45) is 11.8 Å². The van der Waals surface area contributed by atoms with E-state index in [0.29, 0.717) is 58.5 Å². The molecule has 2 saturated carbocycles. The molecule has 6 aromatic heterocycles. The second-order valence-corrected chi connectivity index (χ2v) is 26.9. The van der Waals surface area contributed by atoms with Gasteiger partial charge in [0.15, 0.2) is 29.0 Å². The van der Waals surface area contributed by atoms with E-state index in [1.165, 1.54) is 75.8 Å². The summed E-state index contributed by atoms with van der Waals surface area (Å²) in [6, 6.07) is 22.6. The number of nitrogen functional groups attached to an aromatic ring is 6. The van der Waals surface area contributed by atoms with Gasteiger partial charge in [-0.15, -0.1) is 0 Å². The van der Waals surface area contributed by atoms with Gasteiger partial charge in [-0.3, -0.25) is 0 Å². The molecule has 3 aromatic carbocycles. The van der Waals surface area contributed by atoms with Gasteiger partial charge in [-0.05, 0) is 234 Å². The van der Waals surface area contributed by atoms with Crippen LogP contribution in [0.15, 0.2) is 104 Å². The van der Waals surface area contributed by atoms with Crippen molar-refractivity contribution in [3.63, 3.8) is 0 Å². The number of hydrogen-bond donors (Lipinski definition) is 6. The minimum atomic E-state index is -0.235. The number of aryl methyl sites for hydroxylation is 3. The molecule has 0 bridgehead atoms. The van der Waals surface area contributed by atoms with Crippen LogP contribution in [0.25, 0.3) is 33.8 Å². The molecule has 3 unspecified atom stereocenters. The third-order valence-corrected chi connectivity index (χ3v) is 19.4. The molecular formula is C75H92N18O4. The van der Waals surface area contributed by atoms with Crippen molar-refractivity contribution < 1.29 is 18.9 Å². The van der Waals surface area contributed by atoms with Gasteiger partial charge in [0.25, 0.3) is 17.6 Å². The first-order chi connectivity index (χ1) is 46.8. The maximum Gasteiger partial charge on any atom is 0.258 e. The number of nitrogens with two attached hydrogens (primary N) is 6. The molecule has 12 N–H and O–H groups in total. The van der Waals surface area contributed by atoms with Gasteiger partial charge in [-0.2, -0.15) is 0 Å². The molecular weight excluding hydrogens is 1220 g/mol. The first-order valence-corrected chi connectivity index (χ1v) is 33.9. The summed E-state index contributed by atoms with van der Waals surface area (Å²) in [4.78, 5) is 46.8. The van der Waals surface area contributed by atoms with E-state index < -0.39 is 0 Å². The zero-order chi connectivity index (χ0) is 68.0. The summed E-state index contributed by atoms with van der Waals surface area (Å²) in [7, 11) is 6.46. The van der Waals surface area contributed by atoms with Crippen molar-refractivity contribution in [3.05, 3.63) is 171 Å². The number of pyridine rings is 3. The van der Waals surface area contributed by atoms with Crippen LogP contribution in [-0.4, -0.2) is 106 Å². The lowest BCUT2D eigenvalue weighted by Crippen LogP contribution is -2.27. The highest BCUT2D eigenvalue weighted by Crippen LogP contribution is 2.42. The highest BCUT2D eigenvalue weighted by atomic mass is 16.5. The maximum atomic E-state index is 6.50. The third kappa shape index (κ3) is 16.1. The molecule has 2 aliphatic carbocycles. The van der Waals surface area contributed by atoms with E-state index in [-0.39, 0.29) is 36.6 Å². The molecule has 3 aliphatic heterocycles. The van der Waals surface area contributed by atoms with Crippen LogP contribution >= 0.6 is 0 Å². The summed E-state index contributed by atoms with van der Waals surface area (Å²) in [5.74, 6) is 4.66. The Kier molecular flexibility index (Phi) is 20.6. The quantitative estimate of drug-likeness (QED) is 0.0493. The minimum Gasteiger partial charge on any atom is -0.486 e. The van der Waals surface area contributed by atoms with E-state index in [9.17, 15) is 0 Å². The van der Waals surface area contributed by atoms with Crippen LogP contribution in [0.4, 0.5) is 34.9 Å². The molecule has 3 atom stereocenters. The van der Waals surface area contributed by atoms with Crippen LogP contribution < -0.4 is 53.3 Å². The van der Waals surface area contributed by atoms with E-state index in [0.717, 1.165) is 128 Å². The molecule has 22 heteroatoms. The largest absolute Gasteiger partial charge is 0.486 e. The van der Waals surface area contributed by atoms with Gasteiger partial charge in [0.05, 0.1) is 41.8 Å². The highest BCUT2D eigenvalue weighted by Gasteiger charge is 2.32. The monoisotopic (exact) mass is 1310 g/mol. The fourth-order valence-corrected chi connectivity index (χ4v) is 13.9. The molecule has 0 amide bonds. The molecule has 9 heterocycles. The average molecular weight is 1310 g/mol. The van der Waals surface area contributed by atoms with Crippen molar-refractivity contribution >= 4 is 34.9 Å².